The van der Waals surface area contributed by atoms with Gasteiger partial charge < -0.3 is 16.6 Å². The molecular formula is C15H23N3O4S. The summed E-state index contributed by atoms with van der Waals surface area (Å²) in [6.45, 7) is 1.83. The van der Waals surface area contributed by atoms with Crippen LogP contribution in [0.25, 0.3) is 0 Å². The van der Waals surface area contributed by atoms with Gasteiger partial charge in [-0.05, 0) is 31.9 Å². The quantitative estimate of drug-likeness (QED) is 0.609. The number of hydrogen-bond acceptors (Lipinski definition) is 5. The van der Waals surface area contributed by atoms with Gasteiger partial charge in [-0.1, -0.05) is 30.5 Å². The average molecular weight is 341 g/mol. The van der Waals surface area contributed by atoms with Crippen molar-refractivity contribution in [3.05, 3.63) is 29.8 Å². The van der Waals surface area contributed by atoms with Gasteiger partial charge in [-0.2, -0.15) is 4.72 Å². The number of rotatable bonds is 5. The van der Waals surface area contributed by atoms with Crippen LogP contribution in [0.15, 0.2) is 29.2 Å². The molecule has 8 heteroatoms. The Hall–Kier alpha value is -1.48. The topological polar surface area (TPSA) is 136 Å². The van der Waals surface area contributed by atoms with Gasteiger partial charge in [-0.25, -0.2) is 8.42 Å². The number of benzene rings is 1. The highest BCUT2D eigenvalue weighted by atomic mass is 32.2. The van der Waals surface area contributed by atoms with E-state index in [9.17, 15) is 18.3 Å². The Bertz CT molecular complexity index is 674. The van der Waals surface area contributed by atoms with Crippen LogP contribution in [0.4, 0.5) is 0 Å². The molecule has 6 N–H and O–H groups in total. The molecule has 1 aromatic rings. The van der Waals surface area contributed by atoms with Gasteiger partial charge in [0.05, 0.1) is 10.4 Å². The molecule has 0 aliphatic heterocycles. The summed E-state index contributed by atoms with van der Waals surface area (Å²) in [4.78, 5) is 11.7. The molecule has 1 aliphatic carbocycles. The summed E-state index contributed by atoms with van der Waals surface area (Å²) in [5, 5.41) is 9.50. The number of carboxylic acid groups (broad SMARTS) is 1. The van der Waals surface area contributed by atoms with Crippen molar-refractivity contribution in [1.29, 1.82) is 0 Å². The van der Waals surface area contributed by atoms with E-state index in [1.165, 1.54) is 12.1 Å². The van der Waals surface area contributed by atoms with Crippen LogP contribution in [0.5, 0.6) is 0 Å². The number of aliphatic carboxylic acids is 1. The van der Waals surface area contributed by atoms with Crippen LogP contribution in [0.2, 0.25) is 0 Å². The van der Waals surface area contributed by atoms with Crippen molar-refractivity contribution in [2.75, 3.05) is 0 Å². The first-order chi connectivity index (χ1) is 10.7. The molecule has 1 aromatic carbocycles. The van der Waals surface area contributed by atoms with E-state index in [-0.39, 0.29) is 4.90 Å². The minimum Gasteiger partial charge on any atom is -0.480 e. The highest BCUT2D eigenvalue weighted by molar-refractivity contribution is 7.89. The van der Waals surface area contributed by atoms with Gasteiger partial charge in [0.15, 0.2) is 0 Å². The zero-order valence-electron chi connectivity index (χ0n) is 13.0. The molecule has 7 nitrogen and oxygen atoms in total. The third-order valence-corrected chi connectivity index (χ3v) is 5.89. The molecule has 0 heterocycles. The summed E-state index contributed by atoms with van der Waals surface area (Å²) in [5.74, 6) is -1.32. The zero-order chi connectivity index (χ0) is 17.3. The number of carbonyl (C=O) groups is 1. The Morgan fingerprint density at radius 3 is 2.48 bits per heavy atom. The Morgan fingerprint density at radius 1 is 1.35 bits per heavy atom. The maximum absolute atomic E-state index is 12.5. The van der Waals surface area contributed by atoms with Gasteiger partial charge in [0.1, 0.15) is 6.04 Å². The fraction of sp³-hybridized carbons (Fsp3) is 0.533. The minimum atomic E-state index is -4.00. The molecule has 0 amide bonds. The first-order valence-electron chi connectivity index (χ1n) is 7.53. The lowest BCUT2D eigenvalue weighted by Gasteiger charge is -2.43. The van der Waals surface area contributed by atoms with Crippen molar-refractivity contribution in [3.63, 3.8) is 0 Å². The summed E-state index contributed by atoms with van der Waals surface area (Å²) >= 11 is 0. The predicted octanol–water partition coefficient (Wildman–Crippen LogP) is 0.325. The second kappa shape index (κ2) is 6.56. The monoisotopic (exact) mass is 341 g/mol. The van der Waals surface area contributed by atoms with E-state index >= 15 is 0 Å². The van der Waals surface area contributed by atoms with Gasteiger partial charge in [0, 0.05) is 6.04 Å². The molecule has 3 atom stereocenters. The van der Waals surface area contributed by atoms with E-state index < -0.39 is 33.6 Å². The number of nitrogens with two attached hydrogens (primary N) is 2. The summed E-state index contributed by atoms with van der Waals surface area (Å²) in [7, 11) is -4.00. The molecule has 23 heavy (non-hydrogen) atoms. The molecule has 0 radical (unpaired) electrons. The third-order valence-electron chi connectivity index (χ3n) is 4.45. The van der Waals surface area contributed by atoms with Crippen molar-refractivity contribution in [2.45, 2.75) is 55.1 Å². The Morgan fingerprint density at radius 2 is 1.96 bits per heavy atom. The second-order valence-corrected chi connectivity index (χ2v) is 7.88. The largest absolute Gasteiger partial charge is 0.480 e. The molecule has 0 bridgehead atoms. The van der Waals surface area contributed by atoms with Gasteiger partial charge >= 0.3 is 5.97 Å². The first-order valence-corrected chi connectivity index (χ1v) is 9.01. The van der Waals surface area contributed by atoms with E-state index in [1.807, 2.05) is 6.92 Å². The maximum atomic E-state index is 12.5. The van der Waals surface area contributed by atoms with Crippen LogP contribution < -0.4 is 16.2 Å². The first kappa shape index (κ1) is 17.9. The molecule has 128 valence electrons. The smallest absolute Gasteiger partial charge is 0.323 e. The SMILES string of the molecule is Cc1ccc(S(=O)(=O)NC(C(=O)O)[C@]2(N)CCCC[C@@H]2N)cc1. The Kier molecular flexibility index (Phi) is 5.10. The molecular weight excluding hydrogens is 318 g/mol. The van der Waals surface area contributed by atoms with Crippen molar-refractivity contribution in [2.24, 2.45) is 11.5 Å². The lowest BCUT2D eigenvalue weighted by Crippen LogP contribution is -2.70. The normalized spacial score (nSPS) is 26.7. The number of hydrogen-bond donors (Lipinski definition) is 4. The van der Waals surface area contributed by atoms with Crippen molar-refractivity contribution in [1.82, 2.24) is 4.72 Å². The summed E-state index contributed by atoms with van der Waals surface area (Å²) in [6.07, 6.45) is 2.52. The Labute approximate surface area is 136 Å². The fourth-order valence-corrected chi connectivity index (χ4v) is 4.20. The van der Waals surface area contributed by atoms with E-state index in [0.717, 1.165) is 18.4 Å². The zero-order valence-corrected chi connectivity index (χ0v) is 13.8. The van der Waals surface area contributed by atoms with Gasteiger partial charge in [-0.3, -0.25) is 4.79 Å². The Balaban J connectivity index is 2.32. The highest BCUT2D eigenvalue weighted by Crippen LogP contribution is 2.29. The van der Waals surface area contributed by atoms with Crippen LogP contribution in [-0.2, 0) is 14.8 Å². The number of aryl methyl sites for hydroxylation is 1. The molecule has 0 saturated heterocycles. The second-order valence-electron chi connectivity index (χ2n) is 6.17. The van der Waals surface area contributed by atoms with E-state index in [2.05, 4.69) is 4.72 Å². The van der Waals surface area contributed by atoms with Crippen LogP contribution in [-0.4, -0.2) is 37.1 Å². The molecule has 0 spiro atoms. The van der Waals surface area contributed by atoms with Crippen molar-refractivity contribution >= 4 is 16.0 Å². The van der Waals surface area contributed by atoms with Crippen LogP contribution in [0.1, 0.15) is 31.2 Å². The average Bonchev–Trinajstić information content (AvgIpc) is 2.48. The van der Waals surface area contributed by atoms with E-state index in [4.69, 9.17) is 11.5 Å². The maximum Gasteiger partial charge on any atom is 0.323 e. The summed E-state index contributed by atoms with van der Waals surface area (Å²) < 4.78 is 27.2. The van der Waals surface area contributed by atoms with Crippen LogP contribution in [0, 0.1) is 6.92 Å². The lowest BCUT2D eigenvalue weighted by atomic mass is 9.74. The molecule has 1 aliphatic rings. The molecule has 1 saturated carbocycles. The number of sulfonamides is 1. The fourth-order valence-electron chi connectivity index (χ4n) is 2.94. The van der Waals surface area contributed by atoms with Crippen molar-refractivity contribution < 1.29 is 18.3 Å². The molecule has 1 unspecified atom stereocenters. The number of nitrogens with one attached hydrogen (secondary N) is 1. The summed E-state index contributed by atoms with van der Waals surface area (Å²) in [5.41, 5.74) is 11.8. The number of carboxylic acids is 1. The standard InChI is InChI=1S/C15H23N3O4S/c1-10-5-7-11(8-6-10)23(21,22)18-13(14(19)20)15(17)9-3-2-4-12(15)16/h5-8,12-13,18H,2-4,9,16-17H2,1H3,(H,19,20)/t12-,13?,15-/m0/s1. The predicted molar refractivity (Wildman–Crippen MR) is 86.3 cm³/mol. The molecule has 2 rings (SSSR count). The summed E-state index contributed by atoms with van der Waals surface area (Å²) in [6, 6.07) is 4.12. The van der Waals surface area contributed by atoms with Gasteiger partial charge in [-0.15, -0.1) is 0 Å². The van der Waals surface area contributed by atoms with Gasteiger partial charge in [0.2, 0.25) is 10.0 Å². The minimum absolute atomic E-state index is 0.00216. The third kappa shape index (κ3) is 3.72. The van der Waals surface area contributed by atoms with Crippen LogP contribution >= 0.6 is 0 Å². The van der Waals surface area contributed by atoms with Crippen molar-refractivity contribution in [3.8, 4) is 0 Å². The lowest BCUT2D eigenvalue weighted by molar-refractivity contribution is -0.141. The molecule has 1 fully saturated rings. The molecule has 0 aromatic heterocycles. The van der Waals surface area contributed by atoms with Gasteiger partial charge in [0.25, 0.3) is 0 Å². The van der Waals surface area contributed by atoms with Crippen LogP contribution in [0.3, 0.4) is 0 Å². The van der Waals surface area contributed by atoms with E-state index in [1.54, 1.807) is 12.1 Å². The highest BCUT2D eigenvalue weighted by Gasteiger charge is 2.47. The van der Waals surface area contributed by atoms with E-state index in [0.29, 0.717) is 12.8 Å².